The van der Waals surface area contributed by atoms with E-state index in [1.807, 2.05) is 18.2 Å². The molecule has 0 atom stereocenters. The molecule has 0 spiro atoms. The maximum Gasteiger partial charge on any atom is 0.275 e. The molecule has 0 fully saturated rings. The van der Waals surface area contributed by atoms with Gasteiger partial charge in [-0.3, -0.25) is 9.78 Å². The summed E-state index contributed by atoms with van der Waals surface area (Å²) in [5, 5.41) is 5.19. The van der Waals surface area contributed by atoms with E-state index in [-0.39, 0.29) is 5.91 Å². The van der Waals surface area contributed by atoms with Crippen molar-refractivity contribution in [3.05, 3.63) is 53.7 Å². The SMILES string of the molecule is COc1ccc(OC)c(NC(=O)c2csc(-c3ccccn3)n2)c1. The summed E-state index contributed by atoms with van der Waals surface area (Å²) in [6.07, 6.45) is 1.69. The van der Waals surface area contributed by atoms with Crippen LogP contribution >= 0.6 is 11.3 Å². The van der Waals surface area contributed by atoms with Gasteiger partial charge >= 0.3 is 0 Å². The van der Waals surface area contributed by atoms with E-state index >= 15 is 0 Å². The Morgan fingerprint density at radius 3 is 2.75 bits per heavy atom. The van der Waals surface area contributed by atoms with Crippen molar-refractivity contribution in [1.29, 1.82) is 0 Å². The predicted molar refractivity (Wildman–Crippen MR) is 92.8 cm³/mol. The van der Waals surface area contributed by atoms with E-state index in [1.165, 1.54) is 11.3 Å². The van der Waals surface area contributed by atoms with Gasteiger partial charge in [-0.1, -0.05) is 6.07 Å². The van der Waals surface area contributed by atoms with Crippen LogP contribution in [0.3, 0.4) is 0 Å². The summed E-state index contributed by atoms with van der Waals surface area (Å²) >= 11 is 1.37. The fourth-order valence-electron chi connectivity index (χ4n) is 2.08. The van der Waals surface area contributed by atoms with Gasteiger partial charge in [-0.05, 0) is 24.3 Å². The number of nitrogens with one attached hydrogen (secondary N) is 1. The van der Waals surface area contributed by atoms with Gasteiger partial charge in [-0.25, -0.2) is 4.98 Å². The number of carbonyl (C=O) groups excluding carboxylic acids is 1. The molecule has 2 heterocycles. The lowest BCUT2D eigenvalue weighted by Crippen LogP contribution is -2.13. The molecule has 0 bridgehead atoms. The first-order chi connectivity index (χ1) is 11.7. The number of carbonyl (C=O) groups is 1. The molecule has 0 aliphatic carbocycles. The maximum atomic E-state index is 12.4. The fourth-order valence-corrected chi connectivity index (χ4v) is 2.86. The van der Waals surface area contributed by atoms with Gasteiger partial charge in [0.15, 0.2) is 0 Å². The molecule has 3 rings (SSSR count). The summed E-state index contributed by atoms with van der Waals surface area (Å²) < 4.78 is 10.4. The van der Waals surface area contributed by atoms with E-state index in [9.17, 15) is 4.79 Å². The number of thiazole rings is 1. The lowest BCUT2D eigenvalue weighted by molar-refractivity contribution is 0.102. The molecule has 0 radical (unpaired) electrons. The van der Waals surface area contributed by atoms with Crippen molar-refractivity contribution < 1.29 is 14.3 Å². The highest BCUT2D eigenvalue weighted by Crippen LogP contribution is 2.29. The Balaban J connectivity index is 1.82. The van der Waals surface area contributed by atoms with E-state index < -0.39 is 0 Å². The Morgan fingerprint density at radius 1 is 1.17 bits per heavy atom. The van der Waals surface area contributed by atoms with Gasteiger partial charge < -0.3 is 14.8 Å². The van der Waals surface area contributed by atoms with E-state index in [2.05, 4.69) is 15.3 Å². The Labute approximate surface area is 143 Å². The number of nitrogens with zero attached hydrogens (tertiary/aromatic N) is 2. The van der Waals surface area contributed by atoms with Crippen LogP contribution < -0.4 is 14.8 Å². The molecular formula is C17H15N3O3S. The van der Waals surface area contributed by atoms with Crippen LogP contribution in [0.15, 0.2) is 48.0 Å². The molecule has 24 heavy (non-hydrogen) atoms. The summed E-state index contributed by atoms with van der Waals surface area (Å²) in [5.74, 6) is 0.850. The number of hydrogen-bond acceptors (Lipinski definition) is 6. The number of aromatic nitrogens is 2. The Morgan fingerprint density at radius 2 is 2.04 bits per heavy atom. The van der Waals surface area contributed by atoms with Gasteiger partial charge in [0.2, 0.25) is 0 Å². The quantitative estimate of drug-likeness (QED) is 0.769. The van der Waals surface area contributed by atoms with Crippen LogP contribution in [0.25, 0.3) is 10.7 Å². The van der Waals surface area contributed by atoms with Gasteiger partial charge in [0.25, 0.3) is 5.91 Å². The molecular weight excluding hydrogens is 326 g/mol. The molecule has 0 aliphatic rings. The Hall–Kier alpha value is -2.93. The molecule has 122 valence electrons. The average Bonchev–Trinajstić information content (AvgIpc) is 3.12. The number of pyridine rings is 1. The summed E-state index contributed by atoms with van der Waals surface area (Å²) in [7, 11) is 3.10. The molecule has 3 aromatic rings. The number of amides is 1. The second-order valence-electron chi connectivity index (χ2n) is 4.77. The van der Waals surface area contributed by atoms with Crippen molar-refractivity contribution >= 4 is 22.9 Å². The van der Waals surface area contributed by atoms with Crippen LogP contribution in [-0.4, -0.2) is 30.1 Å². The highest BCUT2D eigenvalue weighted by atomic mass is 32.1. The van der Waals surface area contributed by atoms with Crippen LogP contribution in [-0.2, 0) is 0 Å². The lowest BCUT2D eigenvalue weighted by Gasteiger charge is -2.10. The lowest BCUT2D eigenvalue weighted by atomic mass is 10.2. The zero-order chi connectivity index (χ0) is 16.9. The summed E-state index contributed by atoms with van der Waals surface area (Å²) in [4.78, 5) is 21.0. The zero-order valence-electron chi connectivity index (χ0n) is 13.1. The summed E-state index contributed by atoms with van der Waals surface area (Å²) in [5.41, 5.74) is 1.58. The van der Waals surface area contributed by atoms with Gasteiger partial charge in [0.05, 0.1) is 25.6 Å². The monoisotopic (exact) mass is 341 g/mol. The Bertz CT molecular complexity index is 849. The standard InChI is InChI=1S/C17H15N3O3S/c1-22-11-6-7-15(23-2)13(9-11)19-16(21)14-10-24-17(20-14)12-5-3-4-8-18-12/h3-10H,1-2H3,(H,19,21). The zero-order valence-corrected chi connectivity index (χ0v) is 14.0. The number of anilines is 1. The molecule has 0 aliphatic heterocycles. The molecule has 0 saturated heterocycles. The number of ether oxygens (including phenoxy) is 2. The summed E-state index contributed by atoms with van der Waals surface area (Å²) in [6.45, 7) is 0. The highest BCUT2D eigenvalue weighted by Gasteiger charge is 2.15. The van der Waals surface area contributed by atoms with Crippen LogP contribution in [0.4, 0.5) is 5.69 Å². The van der Waals surface area contributed by atoms with Gasteiger partial charge in [0, 0.05) is 17.6 Å². The smallest absolute Gasteiger partial charge is 0.275 e. The third-order valence-corrected chi connectivity index (χ3v) is 4.14. The largest absolute Gasteiger partial charge is 0.497 e. The maximum absolute atomic E-state index is 12.4. The number of methoxy groups -OCH3 is 2. The first-order valence-corrected chi connectivity index (χ1v) is 7.99. The van der Waals surface area contributed by atoms with Gasteiger partial charge in [-0.2, -0.15) is 0 Å². The van der Waals surface area contributed by atoms with E-state index in [4.69, 9.17) is 9.47 Å². The van der Waals surface area contributed by atoms with Crippen molar-refractivity contribution in [3.63, 3.8) is 0 Å². The van der Waals surface area contributed by atoms with E-state index in [0.29, 0.717) is 27.9 Å². The minimum absolute atomic E-state index is 0.319. The molecule has 7 heteroatoms. The van der Waals surface area contributed by atoms with Crippen LogP contribution in [0.5, 0.6) is 11.5 Å². The van der Waals surface area contributed by atoms with Crippen molar-refractivity contribution in [2.45, 2.75) is 0 Å². The van der Waals surface area contributed by atoms with Gasteiger partial charge in [0.1, 0.15) is 22.2 Å². The van der Waals surface area contributed by atoms with E-state index in [0.717, 1.165) is 5.69 Å². The second kappa shape index (κ2) is 7.10. The molecule has 0 saturated carbocycles. The fraction of sp³-hybridized carbons (Fsp3) is 0.118. The highest BCUT2D eigenvalue weighted by molar-refractivity contribution is 7.13. The Kier molecular flexibility index (Phi) is 4.72. The molecule has 0 unspecified atom stereocenters. The molecule has 6 nitrogen and oxygen atoms in total. The number of hydrogen-bond donors (Lipinski definition) is 1. The van der Waals surface area contributed by atoms with Gasteiger partial charge in [-0.15, -0.1) is 11.3 Å². The van der Waals surface area contributed by atoms with Crippen molar-refractivity contribution in [3.8, 4) is 22.2 Å². The van der Waals surface area contributed by atoms with Crippen LogP contribution in [0.2, 0.25) is 0 Å². The van der Waals surface area contributed by atoms with Crippen LogP contribution in [0.1, 0.15) is 10.5 Å². The molecule has 2 aromatic heterocycles. The first-order valence-electron chi connectivity index (χ1n) is 7.11. The normalized spacial score (nSPS) is 10.2. The first kappa shape index (κ1) is 15.9. The predicted octanol–water partition coefficient (Wildman–Crippen LogP) is 3.47. The molecule has 1 aromatic carbocycles. The minimum atomic E-state index is -0.319. The van der Waals surface area contributed by atoms with Crippen molar-refractivity contribution in [2.75, 3.05) is 19.5 Å². The number of benzene rings is 1. The molecule has 1 N–H and O–H groups in total. The average molecular weight is 341 g/mol. The third kappa shape index (κ3) is 3.36. The molecule has 1 amide bonds. The minimum Gasteiger partial charge on any atom is -0.497 e. The van der Waals surface area contributed by atoms with Crippen molar-refractivity contribution in [2.24, 2.45) is 0 Å². The second-order valence-corrected chi connectivity index (χ2v) is 5.63. The van der Waals surface area contributed by atoms with Crippen molar-refractivity contribution in [1.82, 2.24) is 9.97 Å². The van der Waals surface area contributed by atoms with E-state index in [1.54, 1.807) is 44.0 Å². The number of rotatable bonds is 5. The summed E-state index contributed by atoms with van der Waals surface area (Å²) in [6, 6.07) is 10.8. The van der Waals surface area contributed by atoms with Crippen LogP contribution in [0, 0.1) is 0 Å². The topological polar surface area (TPSA) is 73.3 Å². The third-order valence-electron chi connectivity index (χ3n) is 3.28.